The molecule has 0 fully saturated rings. The molecule has 2 aliphatic heterocycles. The number of hydrogen-bond acceptors (Lipinski definition) is 6. The van der Waals surface area contributed by atoms with Gasteiger partial charge in [-0.1, -0.05) is 25.4 Å². The summed E-state index contributed by atoms with van der Waals surface area (Å²) in [7, 11) is 0. The maximum atomic E-state index is 13.2. The summed E-state index contributed by atoms with van der Waals surface area (Å²) in [5.74, 6) is -0.784. The van der Waals surface area contributed by atoms with Crippen LogP contribution in [0.5, 0.6) is 0 Å². The van der Waals surface area contributed by atoms with Gasteiger partial charge >= 0.3 is 0 Å². The highest BCUT2D eigenvalue weighted by atomic mass is 35.5. The van der Waals surface area contributed by atoms with Crippen molar-refractivity contribution in [2.24, 2.45) is 17.8 Å². The van der Waals surface area contributed by atoms with Crippen LogP contribution in [0.1, 0.15) is 59.9 Å². The zero-order chi connectivity index (χ0) is 27.6. The quantitative estimate of drug-likeness (QED) is 0.417. The Kier molecular flexibility index (Phi) is 8.55. The van der Waals surface area contributed by atoms with Crippen molar-refractivity contribution < 1.29 is 29.0 Å². The maximum absolute atomic E-state index is 13.2. The second kappa shape index (κ2) is 11.7. The standard InChI is InChI=1S/C29H33ClN2O6/c1-5-37-29-21(7-6-12-33)22(16(2)3)15-25(38-29)26(34)31-19-9-11-24(17(4)13-19)32-27(35)20-10-8-18(30)14-23(20)28(32)36/h8-11,13-16,21-22,29,33H,5-7,12H2,1-4H3,(H,31,34). The molecule has 2 N–H and O–H groups in total. The van der Waals surface area contributed by atoms with Gasteiger partial charge in [0.25, 0.3) is 17.7 Å². The smallest absolute Gasteiger partial charge is 0.290 e. The molecule has 0 radical (unpaired) electrons. The van der Waals surface area contributed by atoms with E-state index in [1.54, 1.807) is 37.3 Å². The minimum atomic E-state index is -0.587. The van der Waals surface area contributed by atoms with E-state index in [0.717, 1.165) is 11.3 Å². The van der Waals surface area contributed by atoms with E-state index in [2.05, 4.69) is 19.2 Å². The number of carbonyl (C=O) groups is 3. The first kappa shape index (κ1) is 27.8. The number of halogens is 1. The third kappa shape index (κ3) is 5.48. The number of hydrogen-bond donors (Lipinski definition) is 2. The number of aliphatic hydroxyl groups excluding tert-OH is 1. The fourth-order valence-electron chi connectivity index (χ4n) is 5.13. The minimum absolute atomic E-state index is 0.0229. The van der Waals surface area contributed by atoms with Gasteiger partial charge < -0.3 is 19.9 Å². The van der Waals surface area contributed by atoms with Gasteiger partial charge in [0.05, 0.1) is 16.8 Å². The summed E-state index contributed by atoms with van der Waals surface area (Å²) >= 11 is 6.02. The number of ether oxygens (including phenoxy) is 2. The molecule has 4 rings (SSSR count). The van der Waals surface area contributed by atoms with Crippen LogP contribution in [-0.2, 0) is 14.3 Å². The van der Waals surface area contributed by atoms with E-state index in [1.165, 1.54) is 6.07 Å². The van der Waals surface area contributed by atoms with E-state index in [9.17, 15) is 19.5 Å². The summed E-state index contributed by atoms with van der Waals surface area (Å²) in [6, 6.07) is 9.61. The fraction of sp³-hybridized carbons (Fsp3) is 0.414. The van der Waals surface area contributed by atoms with Crippen molar-refractivity contribution in [1.29, 1.82) is 0 Å². The molecule has 2 aromatic rings. The Morgan fingerprint density at radius 3 is 2.55 bits per heavy atom. The van der Waals surface area contributed by atoms with Crippen molar-refractivity contribution in [2.45, 2.75) is 46.8 Å². The van der Waals surface area contributed by atoms with Gasteiger partial charge in [-0.25, -0.2) is 4.90 Å². The molecule has 0 spiro atoms. The van der Waals surface area contributed by atoms with E-state index < -0.39 is 24.0 Å². The highest BCUT2D eigenvalue weighted by molar-refractivity contribution is 6.37. The molecule has 3 unspecified atom stereocenters. The van der Waals surface area contributed by atoms with E-state index in [0.29, 0.717) is 40.6 Å². The lowest BCUT2D eigenvalue weighted by molar-refractivity contribution is -0.173. The molecule has 0 bridgehead atoms. The summed E-state index contributed by atoms with van der Waals surface area (Å²) in [5, 5.41) is 12.6. The molecular weight excluding hydrogens is 508 g/mol. The van der Waals surface area contributed by atoms with E-state index in [1.807, 2.05) is 13.0 Å². The summed E-state index contributed by atoms with van der Waals surface area (Å²) in [4.78, 5) is 40.3. The van der Waals surface area contributed by atoms with Crippen LogP contribution in [0.2, 0.25) is 5.02 Å². The van der Waals surface area contributed by atoms with Gasteiger partial charge in [-0.05, 0) is 86.6 Å². The molecule has 2 aromatic carbocycles. The lowest BCUT2D eigenvalue weighted by Gasteiger charge is -2.38. The first-order chi connectivity index (χ1) is 18.2. The SMILES string of the molecule is CCOC1OC(C(=O)Nc2ccc(N3C(=O)c4ccc(Cl)cc4C3=O)c(C)c2)=CC(C(C)C)C1CCCO. The maximum Gasteiger partial charge on any atom is 0.290 e. The van der Waals surface area contributed by atoms with Crippen LogP contribution in [0, 0.1) is 24.7 Å². The van der Waals surface area contributed by atoms with Gasteiger partial charge in [-0.3, -0.25) is 14.4 Å². The van der Waals surface area contributed by atoms with Gasteiger partial charge in [0.2, 0.25) is 6.29 Å². The number of benzene rings is 2. The van der Waals surface area contributed by atoms with Crippen molar-refractivity contribution in [1.82, 2.24) is 0 Å². The molecule has 202 valence electrons. The predicted molar refractivity (Wildman–Crippen MR) is 145 cm³/mol. The minimum Gasteiger partial charge on any atom is -0.459 e. The number of aliphatic hydroxyl groups is 1. The number of rotatable bonds is 9. The monoisotopic (exact) mass is 540 g/mol. The Bertz CT molecular complexity index is 1270. The average Bonchev–Trinajstić information content (AvgIpc) is 3.12. The molecule has 8 nitrogen and oxygen atoms in total. The Hall–Kier alpha value is -3.20. The Morgan fingerprint density at radius 1 is 1.16 bits per heavy atom. The summed E-state index contributed by atoms with van der Waals surface area (Å²) < 4.78 is 11.8. The zero-order valence-corrected chi connectivity index (χ0v) is 22.7. The second-order valence-electron chi connectivity index (χ2n) is 9.91. The van der Waals surface area contributed by atoms with Crippen LogP contribution in [-0.4, -0.2) is 42.3 Å². The van der Waals surface area contributed by atoms with Crippen LogP contribution in [0.15, 0.2) is 48.2 Å². The van der Waals surface area contributed by atoms with Gasteiger partial charge in [0.1, 0.15) is 0 Å². The Balaban J connectivity index is 1.54. The molecule has 38 heavy (non-hydrogen) atoms. The number of fused-ring (bicyclic) bond motifs is 1. The second-order valence-corrected chi connectivity index (χ2v) is 10.4. The van der Waals surface area contributed by atoms with Crippen LogP contribution >= 0.6 is 11.6 Å². The van der Waals surface area contributed by atoms with E-state index in [-0.39, 0.29) is 35.7 Å². The molecular formula is C29H33ClN2O6. The van der Waals surface area contributed by atoms with Crippen LogP contribution < -0.4 is 10.2 Å². The number of allylic oxidation sites excluding steroid dienone is 1. The molecule has 2 aliphatic rings. The molecule has 0 saturated carbocycles. The Morgan fingerprint density at radius 2 is 1.89 bits per heavy atom. The number of anilines is 2. The molecule has 0 saturated heterocycles. The number of aryl methyl sites for hydroxylation is 1. The summed E-state index contributed by atoms with van der Waals surface area (Å²) in [6.07, 6.45) is 2.61. The highest BCUT2D eigenvalue weighted by Gasteiger charge is 2.39. The number of nitrogens with one attached hydrogen (secondary N) is 1. The number of imide groups is 1. The number of carbonyl (C=O) groups excluding carboxylic acids is 3. The Labute approximate surface area is 227 Å². The predicted octanol–water partition coefficient (Wildman–Crippen LogP) is 5.33. The highest BCUT2D eigenvalue weighted by Crippen LogP contribution is 2.38. The largest absolute Gasteiger partial charge is 0.459 e. The normalized spacial score (nSPS) is 20.9. The lowest BCUT2D eigenvalue weighted by atomic mass is 9.78. The molecule has 9 heteroatoms. The first-order valence-corrected chi connectivity index (χ1v) is 13.2. The van der Waals surface area contributed by atoms with Gasteiger partial charge in [-0.15, -0.1) is 0 Å². The van der Waals surface area contributed by atoms with Gasteiger partial charge in [-0.2, -0.15) is 0 Å². The third-order valence-corrected chi connectivity index (χ3v) is 7.23. The van der Waals surface area contributed by atoms with Gasteiger partial charge in [0, 0.05) is 29.8 Å². The molecule has 3 amide bonds. The average molecular weight is 541 g/mol. The van der Waals surface area contributed by atoms with Crippen molar-refractivity contribution >= 4 is 40.7 Å². The molecule has 0 aliphatic carbocycles. The van der Waals surface area contributed by atoms with Crippen LogP contribution in [0.25, 0.3) is 0 Å². The van der Waals surface area contributed by atoms with Crippen molar-refractivity contribution in [2.75, 3.05) is 23.4 Å². The van der Waals surface area contributed by atoms with Crippen LogP contribution in [0.3, 0.4) is 0 Å². The number of amides is 3. The molecule has 3 atom stereocenters. The lowest BCUT2D eigenvalue weighted by Crippen LogP contribution is -2.40. The number of nitrogens with zero attached hydrogens (tertiary/aromatic N) is 1. The van der Waals surface area contributed by atoms with E-state index >= 15 is 0 Å². The van der Waals surface area contributed by atoms with Crippen molar-refractivity contribution in [3.05, 3.63) is 69.9 Å². The van der Waals surface area contributed by atoms with Crippen LogP contribution in [0.4, 0.5) is 11.4 Å². The third-order valence-electron chi connectivity index (χ3n) is 7.00. The van der Waals surface area contributed by atoms with Crippen molar-refractivity contribution in [3.8, 4) is 0 Å². The summed E-state index contributed by atoms with van der Waals surface area (Å²) in [5.41, 5.74) is 2.14. The van der Waals surface area contributed by atoms with E-state index in [4.69, 9.17) is 21.1 Å². The first-order valence-electron chi connectivity index (χ1n) is 12.9. The van der Waals surface area contributed by atoms with Gasteiger partial charge in [0.15, 0.2) is 5.76 Å². The molecule has 0 aromatic heterocycles. The zero-order valence-electron chi connectivity index (χ0n) is 22.0. The summed E-state index contributed by atoms with van der Waals surface area (Å²) in [6.45, 7) is 8.34. The molecule has 2 heterocycles. The van der Waals surface area contributed by atoms with Crippen molar-refractivity contribution in [3.63, 3.8) is 0 Å². The topological polar surface area (TPSA) is 105 Å². The fourth-order valence-corrected chi connectivity index (χ4v) is 5.31.